The minimum absolute atomic E-state index is 0.519. The van der Waals surface area contributed by atoms with E-state index in [9.17, 15) is 0 Å². The lowest BCUT2D eigenvalue weighted by Gasteiger charge is -2.30. The van der Waals surface area contributed by atoms with E-state index in [1.807, 2.05) is 0 Å². The van der Waals surface area contributed by atoms with Crippen molar-refractivity contribution in [2.24, 2.45) is 5.92 Å². The number of hydrogen-bond donors (Lipinski definition) is 0. The smallest absolute Gasteiger partial charge is 0.0189 e. The fourth-order valence-electron chi connectivity index (χ4n) is 3.75. The van der Waals surface area contributed by atoms with Gasteiger partial charge in [0.15, 0.2) is 0 Å². The molecule has 0 aromatic heterocycles. The summed E-state index contributed by atoms with van der Waals surface area (Å²) in [5.74, 6) is 0.965. The van der Waals surface area contributed by atoms with Crippen LogP contribution in [0.15, 0.2) is 30.3 Å². The van der Waals surface area contributed by atoms with E-state index >= 15 is 0 Å². The van der Waals surface area contributed by atoms with Crippen molar-refractivity contribution in [2.45, 2.75) is 30.7 Å². The number of benzene rings is 1. The maximum Gasteiger partial charge on any atom is 0.0189 e. The largest absolute Gasteiger partial charge is 0.306 e. The van der Waals surface area contributed by atoms with Gasteiger partial charge in [0, 0.05) is 11.5 Å². The topological polar surface area (TPSA) is 3.24 Å². The highest BCUT2D eigenvalue weighted by atomic mass is 15.1. The van der Waals surface area contributed by atoms with Gasteiger partial charge in [-0.05, 0) is 44.8 Å². The molecule has 3 unspecified atom stereocenters. The van der Waals surface area contributed by atoms with E-state index < -0.39 is 0 Å². The van der Waals surface area contributed by atoms with Gasteiger partial charge in [0.05, 0.1) is 0 Å². The van der Waals surface area contributed by atoms with Crippen molar-refractivity contribution in [3.05, 3.63) is 35.9 Å². The molecule has 2 saturated carbocycles. The molecule has 1 aromatic rings. The fraction of sp³-hybridized carbons (Fsp3) is 0.571. The standard InChI is InChI=1S/C14H19N/c1-15(2)13-9-8-12-10-14(12,13)11-6-4-3-5-7-11/h3-7,12-13H,8-10H2,1-2H3. The maximum absolute atomic E-state index is 2.43. The third-order valence-corrected chi connectivity index (χ3v) is 4.47. The number of likely N-dealkylation sites (N-methyl/N-ethyl adjacent to an activating group) is 1. The second-order valence-corrected chi connectivity index (χ2v) is 5.36. The summed E-state index contributed by atoms with van der Waals surface area (Å²) in [4.78, 5) is 2.43. The molecule has 1 aromatic carbocycles. The van der Waals surface area contributed by atoms with Crippen molar-refractivity contribution < 1.29 is 0 Å². The minimum atomic E-state index is 0.519. The lowest BCUT2D eigenvalue weighted by Crippen LogP contribution is -2.37. The number of nitrogens with zero attached hydrogens (tertiary/aromatic N) is 1. The fourth-order valence-corrected chi connectivity index (χ4v) is 3.75. The molecular formula is C14H19N. The van der Waals surface area contributed by atoms with Crippen LogP contribution in [0.1, 0.15) is 24.8 Å². The SMILES string of the molecule is CN(C)C1CCC2CC21c1ccccc1. The van der Waals surface area contributed by atoms with E-state index in [0.717, 1.165) is 12.0 Å². The monoisotopic (exact) mass is 201 g/mol. The van der Waals surface area contributed by atoms with Crippen LogP contribution in [0, 0.1) is 5.92 Å². The summed E-state index contributed by atoms with van der Waals surface area (Å²) < 4.78 is 0. The van der Waals surface area contributed by atoms with E-state index in [0.29, 0.717) is 5.41 Å². The van der Waals surface area contributed by atoms with Crippen LogP contribution in [0.2, 0.25) is 0 Å². The molecule has 2 fully saturated rings. The van der Waals surface area contributed by atoms with E-state index in [4.69, 9.17) is 0 Å². The highest BCUT2D eigenvalue weighted by Gasteiger charge is 2.63. The number of rotatable bonds is 2. The van der Waals surface area contributed by atoms with Gasteiger partial charge in [0.2, 0.25) is 0 Å². The highest BCUT2D eigenvalue weighted by molar-refractivity contribution is 5.38. The summed E-state index contributed by atoms with van der Waals surface area (Å²) in [5, 5.41) is 0. The van der Waals surface area contributed by atoms with Gasteiger partial charge in [-0.2, -0.15) is 0 Å². The Hall–Kier alpha value is -0.820. The Morgan fingerprint density at radius 1 is 1.13 bits per heavy atom. The van der Waals surface area contributed by atoms with Gasteiger partial charge in [-0.1, -0.05) is 30.3 Å². The molecule has 0 radical (unpaired) electrons. The lowest BCUT2D eigenvalue weighted by molar-refractivity contribution is 0.249. The lowest BCUT2D eigenvalue weighted by atomic mass is 9.88. The quantitative estimate of drug-likeness (QED) is 0.711. The molecule has 0 heterocycles. The first-order valence-corrected chi connectivity index (χ1v) is 5.97. The van der Waals surface area contributed by atoms with Crippen molar-refractivity contribution >= 4 is 0 Å². The summed E-state index contributed by atoms with van der Waals surface area (Å²) in [6, 6.07) is 11.9. The van der Waals surface area contributed by atoms with Crippen LogP contribution in [-0.4, -0.2) is 25.0 Å². The molecular weight excluding hydrogens is 182 g/mol. The molecule has 2 aliphatic rings. The van der Waals surface area contributed by atoms with Gasteiger partial charge < -0.3 is 4.90 Å². The molecule has 3 atom stereocenters. The maximum atomic E-state index is 2.43. The molecule has 80 valence electrons. The Morgan fingerprint density at radius 3 is 2.47 bits per heavy atom. The van der Waals surface area contributed by atoms with E-state index in [1.165, 1.54) is 19.3 Å². The Morgan fingerprint density at radius 2 is 1.87 bits per heavy atom. The van der Waals surface area contributed by atoms with Crippen LogP contribution >= 0.6 is 0 Å². The average Bonchev–Trinajstić information content (AvgIpc) is 2.86. The van der Waals surface area contributed by atoms with Crippen molar-refractivity contribution in [2.75, 3.05) is 14.1 Å². The molecule has 1 heteroatoms. The van der Waals surface area contributed by atoms with Crippen LogP contribution in [0.5, 0.6) is 0 Å². The molecule has 0 aliphatic heterocycles. The summed E-state index contributed by atoms with van der Waals surface area (Å²) in [7, 11) is 4.46. The van der Waals surface area contributed by atoms with Crippen molar-refractivity contribution in [3.63, 3.8) is 0 Å². The van der Waals surface area contributed by atoms with E-state index in [1.54, 1.807) is 5.56 Å². The number of fused-ring (bicyclic) bond motifs is 1. The van der Waals surface area contributed by atoms with Gasteiger partial charge in [-0.25, -0.2) is 0 Å². The van der Waals surface area contributed by atoms with E-state index in [-0.39, 0.29) is 0 Å². The van der Waals surface area contributed by atoms with Crippen LogP contribution in [0.4, 0.5) is 0 Å². The Kier molecular flexibility index (Phi) is 1.93. The zero-order chi connectivity index (χ0) is 10.5. The van der Waals surface area contributed by atoms with Gasteiger partial charge in [-0.15, -0.1) is 0 Å². The van der Waals surface area contributed by atoms with Crippen molar-refractivity contribution in [3.8, 4) is 0 Å². The molecule has 0 bridgehead atoms. The predicted molar refractivity (Wildman–Crippen MR) is 62.9 cm³/mol. The minimum Gasteiger partial charge on any atom is -0.306 e. The summed E-state index contributed by atoms with van der Waals surface area (Å²) in [6.45, 7) is 0. The molecule has 2 aliphatic carbocycles. The van der Waals surface area contributed by atoms with Crippen LogP contribution in [0.25, 0.3) is 0 Å². The van der Waals surface area contributed by atoms with E-state index in [2.05, 4.69) is 49.3 Å². The molecule has 0 spiro atoms. The summed E-state index contributed by atoms with van der Waals surface area (Å²) in [5.41, 5.74) is 2.09. The second-order valence-electron chi connectivity index (χ2n) is 5.36. The molecule has 0 amide bonds. The van der Waals surface area contributed by atoms with Crippen LogP contribution < -0.4 is 0 Å². The highest BCUT2D eigenvalue weighted by Crippen LogP contribution is 2.65. The van der Waals surface area contributed by atoms with Gasteiger partial charge >= 0.3 is 0 Å². The third-order valence-electron chi connectivity index (χ3n) is 4.47. The second kappa shape index (κ2) is 3.08. The van der Waals surface area contributed by atoms with Crippen LogP contribution in [0.3, 0.4) is 0 Å². The Balaban J connectivity index is 1.98. The first-order chi connectivity index (χ1) is 7.25. The first-order valence-electron chi connectivity index (χ1n) is 5.97. The first kappa shape index (κ1) is 9.41. The molecule has 15 heavy (non-hydrogen) atoms. The molecule has 0 N–H and O–H groups in total. The third kappa shape index (κ3) is 1.19. The zero-order valence-electron chi connectivity index (χ0n) is 9.61. The van der Waals surface area contributed by atoms with Gasteiger partial charge in [0.1, 0.15) is 0 Å². The summed E-state index contributed by atoms with van der Waals surface area (Å²) in [6.07, 6.45) is 4.23. The van der Waals surface area contributed by atoms with Gasteiger partial charge in [-0.3, -0.25) is 0 Å². The van der Waals surface area contributed by atoms with Gasteiger partial charge in [0.25, 0.3) is 0 Å². The summed E-state index contributed by atoms with van der Waals surface area (Å²) >= 11 is 0. The molecule has 3 rings (SSSR count). The van der Waals surface area contributed by atoms with Crippen molar-refractivity contribution in [1.82, 2.24) is 4.90 Å². The average molecular weight is 201 g/mol. The predicted octanol–water partition coefficient (Wildman–Crippen LogP) is 2.67. The molecule has 1 nitrogen and oxygen atoms in total. The van der Waals surface area contributed by atoms with Crippen molar-refractivity contribution in [1.29, 1.82) is 0 Å². The Labute approximate surface area is 92.1 Å². The van der Waals surface area contributed by atoms with Crippen LogP contribution in [-0.2, 0) is 5.41 Å². The Bertz CT molecular complexity index is 357. The normalized spacial score (nSPS) is 38.1. The number of hydrogen-bond acceptors (Lipinski definition) is 1. The zero-order valence-corrected chi connectivity index (χ0v) is 9.61. The molecule has 0 saturated heterocycles.